The summed E-state index contributed by atoms with van der Waals surface area (Å²) in [5, 5.41) is 0. The van der Waals surface area contributed by atoms with Crippen LogP contribution in [0, 0.1) is 13.8 Å². The van der Waals surface area contributed by atoms with E-state index in [0.717, 1.165) is 28.3 Å². The number of amides is 1. The summed E-state index contributed by atoms with van der Waals surface area (Å²) in [5.41, 5.74) is 5.27. The van der Waals surface area contributed by atoms with Crippen LogP contribution in [-0.2, 0) is 11.3 Å². The fourth-order valence-electron chi connectivity index (χ4n) is 4.67. The summed E-state index contributed by atoms with van der Waals surface area (Å²) in [6.45, 7) is 5.93. The van der Waals surface area contributed by atoms with Crippen LogP contribution >= 0.6 is 0 Å². The number of fused-ring (bicyclic) bond motifs is 1. The van der Waals surface area contributed by atoms with Crippen molar-refractivity contribution in [2.75, 3.05) is 25.2 Å². The van der Waals surface area contributed by atoms with Crippen LogP contribution in [0.5, 0.6) is 11.5 Å². The average molecular weight is 456 g/mol. The predicted molar refractivity (Wildman–Crippen MR) is 134 cm³/mol. The minimum Gasteiger partial charge on any atom is -0.495 e. The number of aromatic nitrogens is 2. The molecule has 1 atom stereocenters. The molecule has 0 saturated carbocycles. The molecule has 6 heteroatoms. The number of anilines is 1. The van der Waals surface area contributed by atoms with Gasteiger partial charge in [0.15, 0.2) is 0 Å². The maximum absolute atomic E-state index is 13.0. The molecule has 0 aliphatic carbocycles. The van der Waals surface area contributed by atoms with Crippen LogP contribution in [0.3, 0.4) is 0 Å². The molecule has 1 amide bonds. The predicted octanol–water partition coefficient (Wildman–Crippen LogP) is 5.26. The van der Waals surface area contributed by atoms with Crippen molar-refractivity contribution in [2.24, 2.45) is 0 Å². The molecule has 34 heavy (non-hydrogen) atoms. The fraction of sp³-hybridized carbons (Fsp3) is 0.286. The lowest BCUT2D eigenvalue weighted by Gasteiger charge is -2.20. The van der Waals surface area contributed by atoms with Gasteiger partial charge in [-0.05, 0) is 61.4 Å². The molecule has 0 bridgehead atoms. The lowest BCUT2D eigenvalue weighted by Crippen LogP contribution is -2.25. The van der Waals surface area contributed by atoms with Crippen LogP contribution in [0.2, 0.25) is 0 Å². The number of carbonyl (C=O) groups is 1. The Labute approximate surface area is 199 Å². The Morgan fingerprint density at radius 2 is 1.79 bits per heavy atom. The zero-order valence-corrected chi connectivity index (χ0v) is 19.8. The molecular weight excluding hydrogens is 426 g/mol. The van der Waals surface area contributed by atoms with E-state index in [4.69, 9.17) is 14.5 Å². The van der Waals surface area contributed by atoms with Crippen LogP contribution in [0.1, 0.15) is 29.3 Å². The SMILES string of the molecule is COc1ccccc1N1C[C@H](c2nc3ccccc3n2CCOc2ccc(C)c(C)c2)CC1=O. The number of methoxy groups -OCH3 is 1. The van der Waals surface area contributed by atoms with Crippen molar-refractivity contribution < 1.29 is 14.3 Å². The molecule has 174 valence electrons. The van der Waals surface area contributed by atoms with Gasteiger partial charge in [0, 0.05) is 18.9 Å². The number of aryl methyl sites for hydroxylation is 2. The van der Waals surface area contributed by atoms with Gasteiger partial charge in [0.25, 0.3) is 0 Å². The van der Waals surface area contributed by atoms with E-state index in [1.54, 1.807) is 7.11 Å². The number of rotatable bonds is 7. The molecule has 0 unspecified atom stereocenters. The van der Waals surface area contributed by atoms with Gasteiger partial charge in [-0.2, -0.15) is 0 Å². The molecule has 1 fully saturated rings. The van der Waals surface area contributed by atoms with Crippen molar-refractivity contribution in [2.45, 2.75) is 32.7 Å². The van der Waals surface area contributed by atoms with E-state index in [9.17, 15) is 4.79 Å². The molecule has 0 spiro atoms. The first-order chi connectivity index (χ1) is 16.5. The Morgan fingerprint density at radius 1 is 1.00 bits per heavy atom. The molecule has 1 aliphatic rings. The van der Waals surface area contributed by atoms with Crippen LogP contribution in [0.25, 0.3) is 11.0 Å². The van der Waals surface area contributed by atoms with Crippen molar-refractivity contribution in [3.05, 3.63) is 83.7 Å². The summed E-state index contributed by atoms with van der Waals surface area (Å²) in [4.78, 5) is 19.8. The van der Waals surface area contributed by atoms with Crippen molar-refractivity contribution >= 4 is 22.6 Å². The topological polar surface area (TPSA) is 56.6 Å². The number of nitrogens with zero attached hydrogens (tertiary/aromatic N) is 3. The number of para-hydroxylation sites is 4. The molecule has 5 rings (SSSR count). The molecule has 0 N–H and O–H groups in total. The molecule has 0 radical (unpaired) electrons. The van der Waals surface area contributed by atoms with Gasteiger partial charge in [-0.15, -0.1) is 0 Å². The van der Waals surface area contributed by atoms with Gasteiger partial charge in [0.05, 0.1) is 30.4 Å². The minimum atomic E-state index is -0.00793. The standard InChI is InChI=1S/C28H29N3O3/c1-19-12-13-22(16-20(19)2)34-15-14-30-24-9-5-4-8-23(24)29-28(30)21-17-27(32)31(18-21)25-10-6-7-11-26(25)33-3/h4-13,16,21H,14-15,17-18H2,1-3H3/t21-/m1/s1. The van der Waals surface area contributed by atoms with Gasteiger partial charge >= 0.3 is 0 Å². The normalized spacial score (nSPS) is 15.8. The molecule has 1 saturated heterocycles. The van der Waals surface area contributed by atoms with Crippen molar-refractivity contribution in [3.8, 4) is 11.5 Å². The quantitative estimate of drug-likeness (QED) is 0.381. The first-order valence-corrected chi connectivity index (χ1v) is 11.6. The number of benzene rings is 3. The third kappa shape index (κ3) is 4.12. The van der Waals surface area contributed by atoms with Crippen molar-refractivity contribution in [1.29, 1.82) is 0 Å². The summed E-state index contributed by atoms with van der Waals surface area (Å²) >= 11 is 0. The molecule has 6 nitrogen and oxygen atoms in total. The van der Waals surface area contributed by atoms with Gasteiger partial charge in [0.2, 0.25) is 5.91 Å². The lowest BCUT2D eigenvalue weighted by atomic mass is 10.1. The van der Waals surface area contributed by atoms with E-state index >= 15 is 0 Å². The monoisotopic (exact) mass is 455 g/mol. The average Bonchev–Trinajstić information content (AvgIpc) is 3.42. The Bertz CT molecular complexity index is 1340. The third-order valence-electron chi connectivity index (χ3n) is 6.61. The summed E-state index contributed by atoms with van der Waals surface area (Å²) in [5.74, 6) is 2.57. The van der Waals surface area contributed by atoms with Gasteiger partial charge in [-0.3, -0.25) is 4.79 Å². The number of ether oxygens (including phenoxy) is 2. The van der Waals surface area contributed by atoms with E-state index in [1.165, 1.54) is 11.1 Å². The molecule has 4 aromatic rings. The van der Waals surface area contributed by atoms with Crippen molar-refractivity contribution in [1.82, 2.24) is 9.55 Å². The fourth-order valence-corrected chi connectivity index (χ4v) is 4.67. The van der Waals surface area contributed by atoms with E-state index in [1.807, 2.05) is 53.4 Å². The highest BCUT2D eigenvalue weighted by atomic mass is 16.5. The summed E-state index contributed by atoms with van der Waals surface area (Å²) in [6, 6.07) is 21.9. The summed E-state index contributed by atoms with van der Waals surface area (Å²) in [6.07, 6.45) is 0.416. The Kier molecular flexibility index (Phi) is 5.97. The van der Waals surface area contributed by atoms with Crippen molar-refractivity contribution in [3.63, 3.8) is 0 Å². The van der Waals surface area contributed by atoms with Crippen LogP contribution in [0.4, 0.5) is 5.69 Å². The molecular formula is C28H29N3O3. The van der Waals surface area contributed by atoms with Gasteiger partial charge in [-0.1, -0.05) is 30.3 Å². The number of imidazole rings is 1. The Balaban J connectivity index is 1.40. The van der Waals surface area contributed by atoms with Gasteiger partial charge < -0.3 is 18.9 Å². The summed E-state index contributed by atoms with van der Waals surface area (Å²) < 4.78 is 13.8. The van der Waals surface area contributed by atoms with Gasteiger partial charge in [0.1, 0.15) is 23.9 Å². The molecule has 3 aromatic carbocycles. The van der Waals surface area contributed by atoms with Gasteiger partial charge in [-0.25, -0.2) is 4.98 Å². The number of hydrogen-bond donors (Lipinski definition) is 0. The highest BCUT2D eigenvalue weighted by molar-refractivity contribution is 5.97. The number of hydrogen-bond acceptors (Lipinski definition) is 4. The molecule has 2 heterocycles. The summed E-state index contributed by atoms with van der Waals surface area (Å²) in [7, 11) is 1.63. The van der Waals surface area contributed by atoms with E-state index in [0.29, 0.717) is 31.9 Å². The Morgan fingerprint density at radius 3 is 2.62 bits per heavy atom. The van der Waals surface area contributed by atoms with E-state index < -0.39 is 0 Å². The second kappa shape index (κ2) is 9.21. The van der Waals surface area contributed by atoms with Crippen LogP contribution < -0.4 is 14.4 Å². The van der Waals surface area contributed by atoms with E-state index in [-0.39, 0.29) is 11.8 Å². The second-order valence-corrected chi connectivity index (χ2v) is 8.78. The number of carbonyl (C=O) groups excluding carboxylic acids is 1. The highest BCUT2D eigenvalue weighted by Crippen LogP contribution is 2.37. The van der Waals surface area contributed by atoms with Crippen LogP contribution in [0.15, 0.2) is 66.7 Å². The maximum Gasteiger partial charge on any atom is 0.227 e. The maximum atomic E-state index is 13.0. The first kappa shape index (κ1) is 22.0. The Hall–Kier alpha value is -3.80. The van der Waals surface area contributed by atoms with Crippen LogP contribution in [-0.4, -0.2) is 35.7 Å². The largest absolute Gasteiger partial charge is 0.495 e. The highest BCUT2D eigenvalue weighted by Gasteiger charge is 2.35. The lowest BCUT2D eigenvalue weighted by molar-refractivity contribution is -0.117. The smallest absolute Gasteiger partial charge is 0.227 e. The zero-order chi connectivity index (χ0) is 23.7. The van der Waals surface area contributed by atoms with E-state index in [2.05, 4.69) is 36.6 Å². The third-order valence-corrected chi connectivity index (χ3v) is 6.61. The minimum absolute atomic E-state index is 0.00793. The molecule has 1 aromatic heterocycles. The molecule has 1 aliphatic heterocycles. The first-order valence-electron chi connectivity index (χ1n) is 11.6. The second-order valence-electron chi connectivity index (χ2n) is 8.78. The zero-order valence-electron chi connectivity index (χ0n) is 19.8.